The number of carbonyl (C=O) groups excluding carboxylic acids is 1. The Hall–Kier alpha value is -2.58. The molecule has 0 bridgehead atoms. The molecule has 126 valence electrons. The highest BCUT2D eigenvalue weighted by Crippen LogP contribution is 2.17. The smallest absolute Gasteiger partial charge is 0.317 e. The van der Waals surface area contributed by atoms with E-state index in [-0.39, 0.29) is 12.5 Å². The summed E-state index contributed by atoms with van der Waals surface area (Å²) in [7, 11) is 1.55. The molecule has 9 nitrogen and oxygen atoms in total. The highest BCUT2D eigenvalue weighted by molar-refractivity contribution is 5.74. The van der Waals surface area contributed by atoms with E-state index in [4.69, 9.17) is 9.84 Å². The van der Waals surface area contributed by atoms with Crippen molar-refractivity contribution in [3.05, 3.63) is 12.4 Å². The van der Waals surface area contributed by atoms with Crippen LogP contribution in [0.25, 0.3) is 0 Å². The molecule has 2 N–H and O–H groups in total. The van der Waals surface area contributed by atoms with E-state index in [1.807, 2.05) is 0 Å². The Morgan fingerprint density at radius 3 is 2.70 bits per heavy atom. The molecule has 0 unspecified atom stereocenters. The van der Waals surface area contributed by atoms with Crippen molar-refractivity contribution >= 4 is 17.8 Å². The van der Waals surface area contributed by atoms with Crippen molar-refractivity contribution < 1.29 is 19.4 Å². The number of rotatable bonds is 6. The third-order valence-electron chi connectivity index (χ3n) is 3.57. The highest BCUT2D eigenvalue weighted by atomic mass is 16.5. The topological polar surface area (TPSA) is 108 Å². The number of carboxylic acids is 1. The lowest BCUT2D eigenvalue weighted by molar-refractivity contribution is -0.137. The molecule has 0 aromatic carbocycles. The fraction of sp³-hybridized carbons (Fsp3) is 0.571. The van der Waals surface area contributed by atoms with Gasteiger partial charge in [-0.15, -0.1) is 0 Å². The number of amides is 2. The van der Waals surface area contributed by atoms with E-state index in [0.29, 0.717) is 45.0 Å². The number of carbonyl (C=O) groups is 2. The van der Waals surface area contributed by atoms with E-state index < -0.39 is 5.97 Å². The predicted molar refractivity (Wildman–Crippen MR) is 82.6 cm³/mol. The molecular formula is C14H21N5O4. The van der Waals surface area contributed by atoms with Gasteiger partial charge < -0.3 is 25.0 Å². The first-order chi connectivity index (χ1) is 11.1. The molecule has 0 saturated carbocycles. The molecule has 1 fully saturated rings. The van der Waals surface area contributed by atoms with E-state index >= 15 is 0 Å². The first-order valence-electron chi connectivity index (χ1n) is 7.45. The van der Waals surface area contributed by atoms with Gasteiger partial charge in [0, 0.05) is 45.2 Å². The first kappa shape index (κ1) is 16.8. The van der Waals surface area contributed by atoms with Crippen LogP contribution in [0.5, 0.6) is 5.88 Å². The molecule has 9 heteroatoms. The minimum Gasteiger partial charge on any atom is -0.481 e. The number of urea groups is 1. The lowest BCUT2D eigenvalue weighted by atomic mass is 10.3. The molecule has 1 aliphatic rings. The molecule has 1 saturated heterocycles. The first-order valence-corrected chi connectivity index (χ1v) is 7.45. The van der Waals surface area contributed by atoms with Gasteiger partial charge in [0.1, 0.15) is 12.1 Å². The SMILES string of the molecule is COc1cc(N2CCN(C(=O)NCCCC(=O)O)CC2)ncn1. The van der Waals surface area contributed by atoms with E-state index in [1.54, 1.807) is 18.1 Å². The molecule has 0 aliphatic carbocycles. The summed E-state index contributed by atoms with van der Waals surface area (Å²) in [6.07, 6.45) is 1.95. The second-order valence-corrected chi connectivity index (χ2v) is 5.12. The van der Waals surface area contributed by atoms with Gasteiger partial charge in [-0.1, -0.05) is 0 Å². The van der Waals surface area contributed by atoms with Gasteiger partial charge in [-0.25, -0.2) is 14.8 Å². The maximum absolute atomic E-state index is 12.0. The summed E-state index contributed by atoms with van der Waals surface area (Å²) in [6.45, 7) is 2.87. The van der Waals surface area contributed by atoms with Gasteiger partial charge in [0.25, 0.3) is 0 Å². The van der Waals surface area contributed by atoms with Crippen LogP contribution in [0.1, 0.15) is 12.8 Å². The average Bonchev–Trinajstić information content (AvgIpc) is 2.58. The third-order valence-corrected chi connectivity index (χ3v) is 3.57. The van der Waals surface area contributed by atoms with Crippen molar-refractivity contribution in [2.45, 2.75) is 12.8 Å². The van der Waals surface area contributed by atoms with Crippen LogP contribution < -0.4 is 15.0 Å². The quantitative estimate of drug-likeness (QED) is 0.719. The minimum absolute atomic E-state index is 0.0591. The van der Waals surface area contributed by atoms with Gasteiger partial charge >= 0.3 is 12.0 Å². The monoisotopic (exact) mass is 323 g/mol. The summed E-state index contributed by atoms with van der Waals surface area (Å²) in [4.78, 5) is 34.4. The molecule has 2 rings (SSSR count). The molecule has 2 heterocycles. The Kier molecular flexibility index (Phi) is 5.95. The van der Waals surface area contributed by atoms with Crippen molar-refractivity contribution in [1.82, 2.24) is 20.2 Å². The second-order valence-electron chi connectivity index (χ2n) is 5.12. The van der Waals surface area contributed by atoms with Crippen LogP contribution >= 0.6 is 0 Å². The van der Waals surface area contributed by atoms with Crippen LogP contribution in [0.4, 0.5) is 10.6 Å². The van der Waals surface area contributed by atoms with Gasteiger partial charge in [-0.05, 0) is 6.42 Å². The average molecular weight is 323 g/mol. The second kappa shape index (κ2) is 8.16. The van der Waals surface area contributed by atoms with Crippen molar-refractivity contribution in [3.8, 4) is 5.88 Å². The van der Waals surface area contributed by atoms with E-state index in [1.165, 1.54) is 6.33 Å². The molecule has 0 spiro atoms. The fourth-order valence-electron chi connectivity index (χ4n) is 2.30. The Morgan fingerprint density at radius 1 is 1.30 bits per heavy atom. The zero-order valence-electron chi connectivity index (χ0n) is 13.1. The van der Waals surface area contributed by atoms with E-state index in [2.05, 4.69) is 20.2 Å². The lowest BCUT2D eigenvalue weighted by Gasteiger charge is -2.35. The minimum atomic E-state index is -0.854. The largest absolute Gasteiger partial charge is 0.481 e. The summed E-state index contributed by atoms with van der Waals surface area (Å²) in [5, 5.41) is 11.3. The number of hydrogen-bond donors (Lipinski definition) is 2. The van der Waals surface area contributed by atoms with Gasteiger partial charge in [0.2, 0.25) is 5.88 Å². The zero-order chi connectivity index (χ0) is 16.7. The number of anilines is 1. The fourth-order valence-corrected chi connectivity index (χ4v) is 2.30. The van der Waals surface area contributed by atoms with Crippen LogP contribution in [0.15, 0.2) is 12.4 Å². The molecule has 0 atom stereocenters. The summed E-state index contributed by atoms with van der Waals surface area (Å²) < 4.78 is 5.08. The van der Waals surface area contributed by atoms with Gasteiger partial charge in [0.15, 0.2) is 0 Å². The van der Waals surface area contributed by atoms with Crippen molar-refractivity contribution in [1.29, 1.82) is 0 Å². The Bertz CT molecular complexity index is 546. The van der Waals surface area contributed by atoms with E-state index in [9.17, 15) is 9.59 Å². The zero-order valence-corrected chi connectivity index (χ0v) is 13.1. The number of aromatic nitrogens is 2. The number of aliphatic carboxylic acids is 1. The Labute approximate surface area is 134 Å². The normalized spacial score (nSPS) is 14.5. The summed E-state index contributed by atoms with van der Waals surface area (Å²) in [6, 6.07) is 1.61. The van der Waals surface area contributed by atoms with Crippen LogP contribution in [-0.4, -0.2) is 71.8 Å². The molecule has 1 aromatic heterocycles. The summed E-state index contributed by atoms with van der Waals surface area (Å²) in [5.74, 6) is 0.431. The van der Waals surface area contributed by atoms with Crippen molar-refractivity contribution in [3.63, 3.8) is 0 Å². The van der Waals surface area contributed by atoms with Gasteiger partial charge in [-0.2, -0.15) is 0 Å². The number of methoxy groups -OCH3 is 1. The van der Waals surface area contributed by atoms with Gasteiger partial charge in [-0.3, -0.25) is 4.79 Å². The summed E-state index contributed by atoms with van der Waals surface area (Å²) >= 11 is 0. The Morgan fingerprint density at radius 2 is 2.04 bits per heavy atom. The molecular weight excluding hydrogens is 302 g/mol. The lowest BCUT2D eigenvalue weighted by Crippen LogP contribution is -2.52. The molecule has 23 heavy (non-hydrogen) atoms. The van der Waals surface area contributed by atoms with Crippen LogP contribution in [0.3, 0.4) is 0 Å². The van der Waals surface area contributed by atoms with Crippen molar-refractivity contribution in [2.75, 3.05) is 44.7 Å². The van der Waals surface area contributed by atoms with Gasteiger partial charge in [0.05, 0.1) is 7.11 Å². The molecule has 1 aliphatic heterocycles. The molecule has 0 radical (unpaired) electrons. The van der Waals surface area contributed by atoms with Crippen LogP contribution in [0, 0.1) is 0 Å². The predicted octanol–water partition coefficient (Wildman–Crippen LogP) is 0.182. The summed E-state index contributed by atoms with van der Waals surface area (Å²) in [5.41, 5.74) is 0. The number of nitrogens with one attached hydrogen (secondary N) is 1. The number of carboxylic acid groups (broad SMARTS) is 1. The highest BCUT2D eigenvalue weighted by Gasteiger charge is 2.22. The standard InChI is InChI=1S/C14H21N5O4/c1-23-12-9-11(16-10-17-12)18-5-7-19(8-6-18)14(22)15-4-2-3-13(20)21/h9-10H,2-8H2,1H3,(H,15,22)(H,20,21). The molecule has 1 aromatic rings. The maximum Gasteiger partial charge on any atom is 0.317 e. The Balaban J connectivity index is 1.76. The van der Waals surface area contributed by atoms with Crippen LogP contribution in [0.2, 0.25) is 0 Å². The van der Waals surface area contributed by atoms with Crippen LogP contribution in [-0.2, 0) is 4.79 Å². The van der Waals surface area contributed by atoms with E-state index in [0.717, 1.165) is 5.82 Å². The third kappa shape index (κ3) is 4.97. The van der Waals surface area contributed by atoms with Crippen molar-refractivity contribution in [2.24, 2.45) is 0 Å². The molecule has 2 amide bonds. The number of piperazine rings is 1. The number of ether oxygens (including phenoxy) is 1. The number of nitrogens with zero attached hydrogens (tertiary/aromatic N) is 4. The number of hydrogen-bond acceptors (Lipinski definition) is 6. The maximum atomic E-state index is 12.0.